The third kappa shape index (κ3) is 52.9. The maximum atomic E-state index is 12.8. The molecule has 0 fully saturated rings. The van der Waals surface area contributed by atoms with Crippen molar-refractivity contribution in [3.63, 3.8) is 0 Å². The topological polar surface area (TPSA) is 78.9 Å². The van der Waals surface area contributed by atoms with Crippen molar-refractivity contribution in [2.45, 2.75) is 245 Å². The van der Waals surface area contributed by atoms with Crippen LogP contribution < -0.4 is 0 Å². The summed E-state index contributed by atoms with van der Waals surface area (Å²) in [5, 5.41) is 0. The van der Waals surface area contributed by atoms with Crippen molar-refractivity contribution in [2.75, 3.05) is 13.2 Å². The van der Waals surface area contributed by atoms with E-state index in [1.165, 1.54) is 70.6 Å². The van der Waals surface area contributed by atoms with Gasteiger partial charge in [0, 0.05) is 19.3 Å². The Morgan fingerprint density at radius 1 is 0.313 bits per heavy atom. The summed E-state index contributed by atoms with van der Waals surface area (Å²) in [5.74, 6) is -0.989. The predicted octanol–water partition coefficient (Wildman–Crippen LogP) is 18.3. The van der Waals surface area contributed by atoms with Crippen molar-refractivity contribution in [2.24, 2.45) is 0 Å². The Morgan fingerprint density at radius 3 is 1.04 bits per heavy atom. The van der Waals surface area contributed by atoms with Crippen LogP contribution in [0.4, 0.5) is 0 Å². The van der Waals surface area contributed by atoms with Gasteiger partial charge in [0.25, 0.3) is 0 Å². The van der Waals surface area contributed by atoms with Gasteiger partial charge in [0.2, 0.25) is 0 Å². The molecule has 0 aliphatic rings. The highest BCUT2D eigenvalue weighted by atomic mass is 16.6. The largest absolute Gasteiger partial charge is 0.462 e. The summed E-state index contributed by atoms with van der Waals surface area (Å²) in [6.07, 6.45) is 73.7. The van der Waals surface area contributed by atoms with Crippen LogP contribution in [0.25, 0.3) is 0 Å². The minimum Gasteiger partial charge on any atom is -0.462 e. The molecule has 0 radical (unpaired) electrons. The molecule has 0 amide bonds. The van der Waals surface area contributed by atoms with Gasteiger partial charge in [-0.05, 0) is 116 Å². The van der Waals surface area contributed by atoms with Crippen LogP contribution in [0.5, 0.6) is 0 Å². The van der Waals surface area contributed by atoms with Gasteiger partial charge in [-0.15, -0.1) is 0 Å². The van der Waals surface area contributed by atoms with Crippen molar-refractivity contribution < 1.29 is 28.6 Å². The highest BCUT2D eigenvalue weighted by Crippen LogP contribution is 2.13. The number of rotatable bonds is 48. The highest BCUT2D eigenvalue weighted by Gasteiger charge is 2.19. The zero-order chi connectivity index (χ0) is 48.6. The molecule has 0 rings (SSSR count). The van der Waals surface area contributed by atoms with Crippen LogP contribution in [-0.4, -0.2) is 37.2 Å². The summed E-state index contributed by atoms with van der Waals surface area (Å²) in [6.45, 7) is 6.39. The van der Waals surface area contributed by atoms with Crippen LogP contribution >= 0.6 is 0 Å². The number of carbonyl (C=O) groups excluding carboxylic acids is 3. The van der Waals surface area contributed by atoms with E-state index in [-0.39, 0.29) is 37.5 Å². The van der Waals surface area contributed by atoms with Crippen LogP contribution in [-0.2, 0) is 28.6 Å². The lowest BCUT2D eigenvalue weighted by Gasteiger charge is -2.18. The molecule has 0 spiro atoms. The van der Waals surface area contributed by atoms with E-state index in [1.807, 2.05) is 0 Å². The molecule has 0 N–H and O–H groups in total. The predicted molar refractivity (Wildman–Crippen MR) is 288 cm³/mol. The average molecular weight is 929 g/mol. The van der Waals surface area contributed by atoms with Crippen molar-refractivity contribution in [1.82, 2.24) is 0 Å². The zero-order valence-electron chi connectivity index (χ0n) is 43.4. The van der Waals surface area contributed by atoms with Gasteiger partial charge in [0.15, 0.2) is 6.10 Å². The standard InChI is InChI=1S/C61H100O6/c1-4-7-10-13-16-19-22-24-26-28-29-30-31-32-33-34-36-37-39-42-45-48-51-54-60(63)66-57-58(56-65-59(62)53-50-47-44-41-21-18-15-12-9-6-3)67-61(64)55-52-49-46-43-40-38-35-27-25-23-20-17-14-11-8-5-2/h7,10,12,15-16,19,24,26-27,29-30,32-33,35-37,42,45,58H,4-6,8-9,11,13-14,17-18,20-23,25,28,31,34,38-41,43-44,46-57H2,1-3H3/b10-7-,15-12-,19-16-,26-24-,30-29-,33-32-,35-27-,37-36-,45-42-. The summed E-state index contributed by atoms with van der Waals surface area (Å²) in [5.41, 5.74) is 0. The second kappa shape index (κ2) is 54.7. The minimum absolute atomic E-state index is 0.105. The smallest absolute Gasteiger partial charge is 0.306 e. The first-order valence-electron chi connectivity index (χ1n) is 27.4. The zero-order valence-corrected chi connectivity index (χ0v) is 43.4. The first-order valence-corrected chi connectivity index (χ1v) is 27.4. The van der Waals surface area contributed by atoms with Crippen LogP contribution in [0.1, 0.15) is 239 Å². The number of unbranched alkanes of at least 4 members (excludes halogenated alkanes) is 19. The maximum absolute atomic E-state index is 12.8. The summed E-state index contributed by atoms with van der Waals surface area (Å²) in [7, 11) is 0. The van der Waals surface area contributed by atoms with E-state index in [0.29, 0.717) is 19.3 Å². The van der Waals surface area contributed by atoms with Gasteiger partial charge < -0.3 is 14.2 Å². The highest BCUT2D eigenvalue weighted by molar-refractivity contribution is 5.71. The van der Waals surface area contributed by atoms with Gasteiger partial charge in [0.05, 0.1) is 0 Å². The summed E-state index contributed by atoms with van der Waals surface area (Å²) < 4.78 is 16.7. The van der Waals surface area contributed by atoms with Gasteiger partial charge >= 0.3 is 17.9 Å². The molecule has 0 aromatic heterocycles. The van der Waals surface area contributed by atoms with E-state index in [4.69, 9.17) is 14.2 Å². The molecule has 0 saturated heterocycles. The molecule has 1 atom stereocenters. The Morgan fingerprint density at radius 2 is 0.627 bits per heavy atom. The lowest BCUT2D eigenvalue weighted by Crippen LogP contribution is -2.30. The molecule has 0 aliphatic carbocycles. The molecule has 6 nitrogen and oxygen atoms in total. The fourth-order valence-electron chi connectivity index (χ4n) is 7.13. The number of esters is 3. The molecule has 0 bridgehead atoms. The van der Waals surface area contributed by atoms with Crippen molar-refractivity contribution >= 4 is 17.9 Å². The van der Waals surface area contributed by atoms with E-state index in [0.717, 1.165) is 122 Å². The van der Waals surface area contributed by atoms with E-state index < -0.39 is 6.10 Å². The SMILES string of the molecule is CC/C=C\C/C=C\C/C=C\C/C=C\C/C=C\C/C=C\C/C=C\CCCC(=O)OCC(COC(=O)CCCCCCC/C=C\CCC)OC(=O)CCCCCCC/C=C\CCCCCCCCC. The first kappa shape index (κ1) is 63.1. The van der Waals surface area contributed by atoms with Crippen molar-refractivity contribution in [3.8, 4) is 0 Å². The van der Waals surface area contributed by atoms with E-state index in [1.54, 1.807) is 0 Å². The molecule has 380 valence electrons. The molecule has 0 heterocycles. The Labute approximate surface area is 412 Å². The van der Waals surface area contributed by atoms with Gasteiger partial charge in [0.1, 0.15) is 13.2 Å². The number of allylic oxidation sites excluding steroid dienone is 18. The second-order valence-electron chi connectivity index (χ2n) is 17.7. The minimum atomic E-state index is -0.810. The molecule has 1 unspecified atom stereocenters. The van der Waals surface area contributed by atoms with E-state index in [9.17, 15) is 14.4 Å². The fourth-order valence-corrected chi connectivity index (χ4v) is 7.13. The summed E-state index contributed by atoms with van der Waals surface area (Å²) in [6, 6.07) is 0. The summed E-state index contributed by atoms with van der Waals surface area (Å²) >= 11 is 0. The monoisotopic (exact) mass is 929 g/mol. The lowest BCUT2D eigenvalue weighted by atomic mass is 10.1. The molecule has 0 aromatic carbocycles. The normalized spacial score (nSPS) is 12.9. The second-order valence-corrected chi connectivity index (χ2v) is 17.7. The third-order valence-corrected chi connectivity index (χ3v) is 11.2. The van der Waals surface area contributed by atoms with Gasteiger partial charge in [-0.1, -0.05) is 214 Å². The van der Waals surface area contributed by atoms with Crippen LogP contribution in [0.15, 0.2) is 109 Å². The molecule has 6 heteroatoms. The third-order valence-electron chi connectivity index (χ3n) is 11.2. The molecule has 0 aromatic rings. The first-order chi connectivity index (χ1) is 33.0. The Balaban J connectivity index is 4.45. The molecule has 67 heavy (non-hydrogen) atoms. The van der Waals surface area contributed by atoms with Gasteiger partial charge in [-0.3, -0.25) is 14.4 Å². The maximum Gasteiger partial charge on any atom is 0.306 e. The Kier molecular flexibility index (Phi) is 51.5. The summed E-state index contributed by atoms with van der Waals surface area (Å²) in [4.78, 5) is 38.0. The van der Waals surface area contributed by atoms with Crippen LogP contribution in [0.2, 0.25) is 0 Å². The van der Waals surface area contributed by atoms with Crippen molar-refractivity contribution in [1.29, 1.82) is 0 Å². The fraction of sp³-hybridized carbons (Fsp3) is 0.656. The average Bonchev–Trinajstić information content (AvgIpc) is 3.33. The number of carbonyl (C=O) groups is 3. The molecular formula is C61H100O6. The van der Waals surface area contributed by atoms with Gasteiger partial charge in [-0.25, -0.2) is 0 Å². The Hall–Kier alpha value is -3.93. The van der Waals surface area contributed by atoms with E-state index >= 15 is 0 Å². The van der Waals surface area contributed by atoms with E-state index in [2.05, 4.69) is 130 Å². The quantitative estimate of drug-likeness (QED) is 0.0262. The number of ether oxygens (including phenoxy) is 3. The van der Waals surface area contributed by atoms with Crippen LogP contribution in [0, 0.1) is 0 Å². The molecular weight excluding hydrogens is 829 g/mol. The van der Waals surface area contributed by atoms with Crippen molar-refractivity contribution in [3.05, 3.63) is 109 Å². The molecule has 0 saturated carbocycles. The Bertz CT molecular complexity index is 1390. The van der Waals surface area contributed by atoms with Crippen LogP contribution in [0.3, 0.4) is 0 Å². The molecule has 0 aliphatic heterocycles. The number of hydrogen-bond acceptors (Lipinski definition) is 6. The van der Waals surface area contributed by atoms with Gasteiger partial charge in [-0.2, -0.15) is 0 Å². The number of hydrogen-bond donors (Lipinski definition) is 0. The lowest BCUT2D eigenvalue weighted by molar-refractivity contribution is -0.167.